The number of anilines is 1. The summed E-state index contributed by atoms with van der Waals surface area (Å²) in [4.78, 5) is 42.3. The number of carbonyl (C=O) groups excluding carboxylic acids is 3. The summed E-state index contributed by atoms with van der Waals surface area (Å²) in [6.07, 6.45) is 5.50. The molecule has 0 heterocycles. The Hall–Kier alpha value is -3.79. The zero-order valence-electron chi connectivity index (χ0n) is 23.8. The highest BCUT2D eigenvalue weighted by atomic mass is 16.6. The number of terminal acetylenes is 1. The molecule has 0 spiro atoms. The third-order valence-corrected chi connectivity index (χ3v) is 6.28. The lowest BCUT2D eigenvalue weighted by Gasteiger charge is -2.38. The van der Waals surface area contributed by atoms with Crippen molar-refractivity contribution in [3.8, 4) is 12.3 Å². The maximum atomic E-state index is 14.2. The number of ether oxygens (including phenoxy) is 1. The second-order valence-corrected chi connectivity index (χ2v) is 10.8. The van der Waals surface area contributed by atoms with E-state index in [-0.39, 0.29) is 23.8 Å². The lowest BCUT2D eigenvalue weighted by molar-refractivity contribution is -0.144. The molecule has 0 aromatic heterocycles. The summed E-state index contributed by atoms with van der Waals surface area (Å²) >= 11 is 0. The van der Waals surface area contributed by atoms with E-state index in [0.29, 0.717) is 23.2 Å². The van der Waals surface area contributed by atoms with Crippen LogP contribution in [0.25, 0.3) is 0 Å². The van der Waals surface area contributed by atoms with Crippen LogP contribution in [-0.4, -0.2) is 40.5 Å². The molecule has 3 unspecified atom stereocenters. The summed E-state index contributed by atoms with van der Waals surface area (Å²) in [7, 11) is 0. The van der Waals surface area contributed by atoms with Crippen LogP contribution >= 0.6 is 0 Å². The summed E-state index contributed by atoms with van der Waals surface area (Å²) < 4.78 is 5.44. The first-order valence-corrected chi connectivity index (χ1v) is 13.0. The molecule has 2 aromatic carbocycles. The van der Waals surface area contributed by atoms with Gasteiger partial charge in [-0.3, -0.25) is 9.59 Å². The van der Waals surface area contributed by atoms with Crippen molar-refractivity contribution in [2.75, 3.05) is 5.32 Å². The summed E-state index contributed by atoms with van der Waals surface area (Å²) in [6, 6.07) is 12.2. The smallest absolute Gasteiger partial charge is 0.408 e. The Kier molecular flexibility index (Phi) is 10.5. The van der Waals surface area contributed by atoms with E-state index in [1.807, 2.05) is 58.9 Å². The van der Waals surface area contributed by atoms with E-state index in [9.17, 15) is 14.4 Å². The maximum absolute atomic E-state index is 14.2. The second kappa shape index (κ2) is 13.1. The zero-order chi connectivity index (χ0) is 28.6. The number of carbonyl (C=O) groups is 3. The first-order chi connectivity index (χ1) is 17.8. The van der Waals surface area contributed by atoms with Gasteiger partial charge in [0.2, 0.25) is 5.91 Å². The molecule has 2 aromatic rings. The van der Waals surface area contributed by atoms with E-state index in [0.717, 1.165) is 5.56 Å². The van der Waals surface area contributed by atoms with Gasteiger partial charge in [0.1, 0.15) is 17.7 Å². The highest BCUT2D eigenvalue weighted by Gasteiger charge is 2.39. The van der Waals surface area contributed by atoms with Crippen LogP contribution in [0.15, 0.2) is 48.5 Å². The molecule has 3 amide bonds. The lowest BCUT2D eigenvalue weighted by atomic mass is 9.94. The van der Waals surface area contributed by atoms with Gasteiger partial charge in [0.05, 0.1) is 0 Å². The standard InChI is InChI=1S/C31H41N3O4/c1-10-21(5)26(33-30(37)38-31(7,8)9)29(36)34(20(3)4)27(24-18-16-23(11-2)17-19-24)28(35)32-25-15-13-12-14-22(25)6/h2,12-21,26-27H,10H2,1,3-9H3,(H,32,35)(H,33,37). The van der Waals surface area contributed by atoms with Gasteiger partial charge in [-0.05, 0) is 76.8 Å². The summed E-state index contributed by atoms with van der Waals surface area (Å²) in [5.41, 5.74) is 2.10. The minimum absolute atomic E-state index is 0.208. The van der Waals surface area contributed by atoms with Crippen LogP contribution in [0.4, 0.5) is 10.5 Å². The SMILES string of the molecule is C#Cc1ccc(C(C(=O)Nc2ccccc2C)N(C(=O)C(NC(=O)OC(C)(C)C)C(C)CC)C(C)C)cc1. The van der Waals surface area contributed by atoms with E-state index < -0.39 is 23.8 Å². The largest absolute Gasteiger partial charge is 0.444 e. The minimum Gasteiger partial charge on any atom is -0.444 e. The zero-order valence-corrected chi connectivity index (χ0v) is 23.8. The van der Waals surface area contributed by atoms with Gasteiger partial charge in [0.15, 0.2) is 0 Å². The number of nitrogens with zero attached hydrogens (tertiary/aromatic N) is 1. The van der Waals surface area contributed by atoms with Crippen molar-refractivity contribution in [1.29, 1.82) is 0 Å². The van der Waals surface area contributed by atoms with E-state index >= 15 is 0 Å². The fraction of sp³-hybridized carbons (Fsp3) is 0.452. The number of amides is 3. The van der Waals surface area contributed by atoms with Gasteiger partial charge in [0.25, 0.3) is 5.91 Å². The fourth-order valence-corrected chi connectivity index (χ4v) is 4.07. The third-order valence-electron chi connectivity index (χ3n) is 6.28. The predicted octanol–water partition coefficient (Wildman–Crippen LogP) is 5.83. The Labute approximate surface area is 227 Å². The molecule has 0 saturated carbocycles. The number of aryl methyl sites for hydroxylation is 1. The molecule has 0 aliphatic rings. The van der Waals surface area contributed by atoms with Crippen molar-refractivity contribution in [3.63, 3.8) is 0 Å². The molecular formula is C31H41N3O4. The molecule has 0 bridgehead atoms. The van der Waals surface area contributed by atoms with Gasteiger partial charge in [0, 0.05) is 17.3 Å². The van der Waals surface area contributed by atoms with Crippen molar-refractivity contribution in [2.45, 2.75) is 85.5 Å². The van der Waals surface area contributed by atoms with Crippen LogP contribution in [0.2, 0.25) is 0 Å². The quantitative estimate of drug-likeness (QED) is 0.408. The highest BCUT2D eigenvalue weighted by Crippen LogP contribution is 2.29. The average Bonchev–Trinajstić information content (AvgIpc) is 2.85. The molecule has 0 saturated heterocycles. The van der Waals surface area contributed by atoms with Gasteiger partial charge < -0.3 is 20.3 Å². The Morgan fingerprint density at radius 1 is 1.03 bits per heavy atom. The molecule has 2 N–H and O–H groups in total. The summed E-state index contributed by atoms with van der Waals surface area (Å²) in [5.74, 6) is 1.64. The van der Waals surface area contributed by atoms with Crippen molar-refractivity contribution >= 4 is 23.6 Å². The van der Waals surface area contributed by atoms with Gasteiger partial charge in [-0.25, -0.2) is 4.79 Å². The maximum Gasteiger partial charge on any atom is 0.408 e. The van der Waals surface area contributed by atoms with Gasteiger partial charge >= 0.3 is 6.09 Å². The fourth-order valence-electron chi connectivity index (χ4n) is 4.07. The van der Waals surface area contributed by atoms with Crippen molar-refractivity contribution < 1.29 is 19.1 Å². The number of nitrogens with one attached hydrogen (secondary N) is 2. The number of hydrogen-bond acceptors (Lipinski definition) is 4. The summed E-state index contributed by atoms with van der Waals surface area (Å²) in [6.45, 7) is 14.7. The monoisotopic (exact) mass is 519 g/mol. The number of para-hydroxylation sites is 1. The molecule has 3 atom stereocenters. The highest BCUT2D eigenvalue weighted by molar-refractivity contribution is 5.99. The number of rotatable bonds is 9. The number of alkyl carbamates (subject to hydrolysis) is 1. The van der Waals surface area contributed by atoms with E-state index in [1.54, 1.807) is 45.0 Å². The van der Waals surface area contributed by atoms with E-state index in [1.165, 1.54) is 4.90 Å². The average molecular weight is 520 g/mol. The third kappa shape index (κ3) is 8.11. The van der Waals surface area contributed by atoms with Gasteiger partial charge in [-0.2, -0.15) is 0 Å². The van der Waals surface area contributed by atoms with Gasteiger partial charge in [-0.15, -0.1) is 6.42 Å². The molecule has 0 radical (unpaired) electrons. The molecule has 204 valence electrons. The van der Waals surface area contributed by atoms with E-state index in [4.69, 9.17) is 11.2 Å². The topological polar surface area (TPSA) is 87.7 Å². The van der Waals surface area contributed by atoms with Crippen LogP contribution in [0.5, 0.6) is 0 Å². The van der Waals surface area contributed by atoms with Crippen LogP contribution in [0.3, 0.4) is 0 Å². The Morgan fingerprint density at radius 2 is 1.63 bits per heavy atom. The van der Waals surface area contributed by atoms with Crippen molar-refractivity contribution in [2.24, 2.45) is 5.92 Å². The van der Waals surface area contributed by atoms with Crippen molar-refractivity contribution in [1.82, 2.24) is 10.2 Å². The Morgan fingerprint density at radius 3 is 2.13 bits per heavy atom. The van der Waals surface area contributed by atoms with Crippen LogP contribution < -0.4 is 10.6 Å². The lowest BCUT2D eigenvalue weighted by Crippen LogP contribution is -2.56. The van der Waals surface area contributed by atoms with Crippen molar-refractivity contribution in [3.05, 3.63) is 65.2 Å². The molecule has 0 aliphatic carbocycles. The van der Waals surface area contributed by atoms with Crippen LogP contribution in [-0.2, 0) is 14.3 Å². The Bertz CT molecular complexity index is 1160. The first-order valence-electron chi connectivity index (χ1n) is 13.0. The molecule has 38 heavy (non-hydrogen) atoms. The molecule has 7 heteroatoms. The van der Waals surface area contributed by atoms with Gasteiger partial charge in [-0.1, -0.05) is 56.5 Å². The molecule has 0 aliphatic heterocycles. The van der Waals surface area contributed by atoms with Crippen LogP contribution in [0.1, 0.15) is 77.6 Å². The molecule has 0 fully saturated rings. The summed E-state index contributed by atoms with van der Waals surface area (Å²) in [5, 5.41) is 5.77. The normalized spacial score (nSPS) is 13.6. The second-order valence-electron chi connectivity index (χ2n) is 10.8. The number of hydrogen-bond donors (Lipinski definition) is 2. The minimum atomic E-state index is -0.971. The number of benzene rings is 2. The molecule has 7 nitrogen and oxygen atoms in total. The van der Waals surface area contributed by atoms with E-state index in [2.05, 4.69) is 16.6 Å². The molecular weight excluding hydrogens is 478 g/mol. The predicted molar refractivity (Wildman–Crippen MR) is 152 cm³/mol. The first kappa shape index (κ1) is 30.4. The van der Waals surface area contributed by atoms with Crippen LogP contribution in [0, 0.1) is 25.2 Å². The molecule has 2 rings (SSSR count). The Balaban J connectivity index is 2.56.